The molecule has 2 fully saturated rings. The number of methoxy groups -OCH3 is 1. The van der Waals surface area contributed by atoms with E-state index in [0.717, 1.165) is 56.7 Å². The van der Waals surface area contributed by atoms with E-state index >= 15 is 19.2 Å². The number of carbonyl (C=O) groups is 8. The number of rotatable bonds is 11. The number of aromatic hydroxyl groups is 1. The molecule has 5 aliphatic heterocycles. The average Bonchev–Trinajstić information content (AvgIpc) is 1.63. The lowest BCUT2D eigenvalue weighted by molar-refractivity contribution is -0.268. The highest BCUT2D eigenvalue weighted by Crippen LogP contribution is 2.44. The van der Waals surface area contributed by atoms with Crippen molar-refractivity contribution in [1.29, 1.82) is 0 Å². The molecule has 0 spiro atoms. The Morgan fingerprint density at radius 3 is 2.31 bits per heavy atom. The Bertz CT molecular complexity index is 4660. The van der Waals surface area contributed by atoms with Gasteiger partial charge < -0.3 is 80.9 Å². The molecule has 530 valence electrons. The predicted octanol–water partition coefficient (Wildman–Crippen LogP) is 2.84. The summed E-state index contributed by atoms with van der Waals surface area (Å²) in [5.41, 5.74) is 8.97. The number of amides is 6. The minimum absolute atomic E-state index is 0.00220. The van der Waals surface area contributed by atoms with E-state index in [1.807, 2.05) is 25.8 Å². The van der Waals surface area contributed by atoms with E-state index < -0.39 is 139 Å². The number of hydrazine groups is 1. The molecule has 13 rings (SSSR count). The van der Waals surface area contributed by atoms with Gasteiger partial charge in [-0.2, -0.15) is 4.73 Å². The van der Waals surface area contributed by atoms with Crippen LogP contribution in [0.25, 0.3) is 49.3 Å². The second-order valence-electron chi connectivity index (χ2n) is 24.1. The van der Waals surface area contributed by atoms with E-state index in [1.165, 1.54) is 60.0 Å². The van der Waals surface area contributed by atoms with E-state index in [9.17, 15) is 34.6 Å². The van der Waals surface area contributed by atoms with Crippen molar-refractivity contribution < 1.29 is 86.9 Å². The summed E-state index contributed by atoms with van der Waals surface area (Å²) < 4.78 is 45.0. The molecule has 12 N–H and O–H groups in total. The van der Waals surface area contributed by atoms with Crippen molar-refractivity contribution in [3.8, 4) is 38.4 Å². The summed E-state index contributed by atoms with van der Waals surface area (Å²) in [6.07, 6.45) is -6.77. The number of fused-ring (bicyclic) bond motifs is 16. The smallest absolute Gasteiger partial charge is 0.358 e. The fourth-order valence-corrected chi connectivity index (χ4v) is 16.6. The topological polar surface area (TPSA) is 458 Å². The van der Waals surface area contributed by atoms with Crippen LogP contribution in [0.5, 0.6) is 5.75 Å². The third-order valence-electron chi connectivity index (χ3n) is 17.4. The van der Waals surface area contributed by atoms with Gasteiger partial charge in [0.2, 0.25) is 11.8 Å². The number of nitrogens with one attached hydrogen (secondary N) is 7. The van der Waals surface area contributed by atoms with Crippen LogP contribution in [0.2, 0.25) is 0 Å². The van der Waals surface area contributed by atoms with Gasteiger partial charge in [0.1, 0.15) is 126 Å². The molecule has 34 nitrogen and oxygen atoms in total. The van der Waals surface area contributed by atoms with Gasteiger partial charge in [-0.25, -0.2) is 39.5 Å². The second-order valence-corrected chi connectivity index (χ2v) is 28.5. The highest BCUT2D eigenvalue weighted by atomic mass is 32.1. The Kier molecular flexibility index (Phi) is 19.8. The molecular formula is C62H64N16O18S5. The first-order chi connectivity index (χ1) is 48.4. The Hall–Kier alpha value is -9.36. The van der Waals surface area contributed by atoms with Crippen LogP contribution in [0.15, 0.2) is 56.9 Å². The van der Waals surface area contributed by atoms with E-state index in [-0.39, 0.29) is 124 Å². The van der Waals surface area contributed by atoms with Gasteiger partial charge in [-0.3, -0.25) is 44.5 Å². The molecule has 0 aliphatic carbocycles. The Balaban J connectivity index is 0.973. The molecule has 11 unspecified atom stereocenters. The number of hydrogen-bond donors (Lipinski definition) is 11. The van der Waals surface area contributed by atoms with Crippen molar-refractivity contribution in [3.05, 3.63) is 112 Å². The van der Waals surface area contributed by atoms with Gasteiger partial charge in [0.15, 0.2) is 18.1 Å². The molecule has 12 bridgehead atoms. The zero-order valence-electron chi connectivity index (χ0n) is 54.4. The molecule has 6 amide bonds. The van der Waals surface area contributed by atoms with Crippen LogP contribution < -0.4 is 43.2 Å². The van der Waals surface area contributed by atoms with Crippen molar-refractivity contribution >= 4 is 121 Å². The zero-order valence-corrected chi connectivity index (χ0v) is 58.5. The number of benzene rings is 1. The largest absolute Gasteiger partial charge is 0.506 e. The number of ether oxygens (including phenoxy) is 7. The number of aliphatic hydroxyl groups excluding tert-OH is 1. The van der Waals surface area contributed by atoms with Crippen molar-refractivity contribution in [1.82, 2.24) is 77.0 Å². The molecule has 1 aromatic carbocycles. The number of primary amides is 1. The number of hydrogen-bond acceptors (Lipinski definition) is 32. The van der Waals surface area contributed by atoms with Crippen LogP contribution in [0.3, 0.4) is 0 Å². The predicted molar refractivity (Wildman–Crippen MR) is 360 cm³/mol. The minimum Gasteiger partial charge on any atom is -0.506 e. The molecule has 12 heterocycles. The molecule has 39 heteroatoms. The summed E-state index contributed by atoms with van der Waals surface area (Å²) in [4.78, 5) is 145. The zero-order chi connectivity index (χ0) is 71.5. The highest BCUT2D eigenvalue weighted by Gasteiger charge is 2.54. The van der Waals surface area contributed by atoms with E-state index in [0.29, 0.717) is 10.3 Å². The number of esters is 2. The molecule has 8 aromatic rings. The van der Waals surface area contributed by atoms with Crippen molar-refractivity contribution in [2.24, 2.45) is 5.73 Å². The molecule has 5 aliphatic rings. The molecule has 11 atom stereocenters. The summed E-state index contributed by atoms with van der Waals surface area (Å²) in [6, 6.07) is -0.0596. The number of pyridine rings is 1. The van der Waals surface area contributed by atoms with Crippen LogP contribution in [0, 0.1) is 0 Å². The normalized spacial score (nSPS) is 24.7. The summed E-state index contributed by atoms with van der Waals surface area (Å²) in [7, 11) is 4.76. The lowest BCUT2D eigenvalue weighted by atomic mass is 9.86. The van der Waals surface area contributed by atoms with Gasteiger partial charge >= 0.3 is 11.9 Å². The monoisotopic (exact) mass is 1480 g/mol. The lowest BCUT2D eigenvalue weighted by Gasteiger charge is -2.45. The van der Waals surface area contributed by atoms with E-state index in [4.69, 9.17) is 53.8 Å². The first-order valence-electron chi connectivity index (χ1n) is 31.0. The van der Waals surface area contributed by atoms with Gasteiger partial charge in [-0.15, -0.1) is 56.7 Å². The summed E-state index contributed by atoms with van der Waals surface area (Å²) in [5, 5.41) is 56.2. The molecular weight excluding hydrogens is 1420 g/mol. The number of nitrogens with two attached hydrogens (primary N) is 1. The Labute approximate surface area is 591 Å². The third-order valence-corrected chi connectivity index (χ3v) is 21.9. The van der Waals surface area contributed by atoms with Crippen LogP contribution in [-0.4, -0.2) is 198 Å². The lowest BCUT2D eigenvalue weighted by Crippen LogP contribution is -2.58. The number of aromatic nitrogens is 7. The first kappa shape index (κ1) is 70.1. The van der Waals surface area contributed by atoms with E-state index in [1.54, 1.807) is 19.2 Å². The maximum absolute atomic E-state index is 15.2. The summed E-state index contributed by atoms with van der Waals surface area (Å²) in [5.74, 6) is -7.87. The minimum atomic E-state index is -1.84. The summed E-state index contributed by atoms with van der Waals surface area (Å²) >= 11 is 4.56. The first-order valence-corrected chi connectivity index (χ1v) is 35.4. The number of thiazole rings is 5. The number of aliphatic hydroxyl groups is 1. The van der Waals surface area contributed by atoms with Crippen LogP contribution in [0.1, 0.15) is 125 Å². The number of cyclic esters (lactones) is 2. The maximum atomic E-state index is 15.2. The maximum Gasteiger partial charge on any atom is 0.358 e. The average molecular weight is 1480 g/mol. The van der Waals surface area contributed by atoms with Gasteiger partial charge in [-0.1, -0.05) is 12.1 Å². The van der Waals surface area contributed by atoms with Crippen molar-refractivity contribution in [2.75, 3.05) is 41.1 Å². The molecule has 0 radical (unpaired) electrons. The van der Waals surface area contributed by atoms with Gasteiger partial charge in [0.25, 0.3) is 23.6 Å². The number of nitrogens with zero attached hydrogens (tertiary/aromatic N) is 8. The van der Waals surface area contributed by atoms with Gasteiger partial charge in [-0.05, 0) is 59.5 Å². The molecule has 2 saturated heterocycles. The fourth-order valence-electron chi connectivity index (χ4n) is 12.4. The Morgan fingerprint density at radius 2 is 1.55 bits per heavy atom. The van der Waals surface area contributed by atoms with E-state index in [2.05, 4.69) is 52.4 Å². The second kappa shape index (κ2) is 28.6. The molecule has 0 saturated carbocycles. The molecule has 7 aromatic heterocycles. The standard InChI is InChI=1S/C62H64N16O18S5/c1-23(79)40-54(86)75-41(24(2)90-7)57-70-35(21-99-57)53(85)76-44-46-47(96-38-12-62(4)48(25(3)95-38)77(6)22-94-62)61(88)92-14-26-9-8-10-36-39(26)28(15-91-46)45(78(36)89)60(87)93-16-30(67-51(83)33-20-101-59(44)72-33)56-68-31(17-98-56)42-27(55-69-34(18-97-55)52(84)74-40)11-37(80)43(73-42)58-71-32(19-100-58)50(82)66-29(49(63)81)13-65-64-5/h8-11,17-21,23,25,29-30,38,40,44,46-48,64-65,79-80,89H,12-16,22H2,1-7H3,(H2,63,81)(H,66,82)(H,67,83)(H,74,84)(H,75,86)(H,76,85)/b41-24+. The van der Waals surface area contributed by atoms with Crippen molar-refractivity contribution in [2.45, 2.75) is 114 Å². The third kappa shape index (κ3) is 13.7. The van der Waals surface area contributed by atoms with Gasteiger partial charge in [0, 0.05) is 56.4 Å². The number of likely N-dealkylation sites (N-methyl/N-ethyl adjacent to an activating group) is 1. The summed E-state index contributed by atoms with van der Waals surface area (Å²) in [6.45, 7) is 4.96. The Morgan fingerprint density at radius 1 is 0.861 bits per heavy atom. The SMILES string of the molecule is CNNCC(NC(=O)c1csc(-c2nc3c(cc2O)-c2nc(cs2)C(=O)NC(C(C)O)C(=O)N/C(=C(\C)OC)c2nc(cs2)C(=O)NC2c4nc(cs4)C(=O)NC(COC(=O)c4c5c6c(cccc6n4O)COC(=O)C(OC4CC6(C)OCN(C)C6C(C)O4)C2OC5)c2nc-3cs2)n1)C(N)=O. The van der Waals surface area contributed by atoms with Crippen LogP contribution >= 0.6 is 56.7 Å². The number of carbonyl (C=O) groups excluding carboxylic acids is 8. The fraction of sp³-hybridized carbons (Fsp3) is 0.387. The van der Waals surface area contributed by atoms with Gasteiger partial charge in [0.05, 0.1) is 49.8 Å². The molecule has 101 heavy (non-hydrogen) atoms. The number of allylic oxidation sites excluding steroid dienone is 1. The van der Waals surface area contributed by atoms with Crippen LogP contribution in [-0.2, 0) is 60.8 Å². The quantitative estimate of drug-likeness (QED) is 0.0384. The van der Waals surface area contributed by atoms with Crippen LogP contribution in [0.4, 0.5) is 0 Å². The highest BCUT2D eigenvalue weighted by molar-refractivity contribution is 7.14. The van der Waals surface area contributed by atoms with Crippen molar-refractivity contribution in [3.63, 3.8) is 0 Å².